The Balaban J connectivity index is 1.55. The van der Waals surface area contributed by atoms with E-state index in [0.717, 1.165) is 24.2 Å². The molecule has 3 aromatic rings. The Labute approximate surface area is 195 Å². The lowest BCUT2D eigenvalue weighted by molar-refractivity contribution is -0.113. The van der Waals surface area contributed by atoms with Gasteiger partial charge in [0.15, 0.2) is 5.82 Å². The van der Waals surface area contributed by atoms with Gasteiger partial charge in [0.2, 0.25) is 11.1 Å². The van der Waals surface area contributed by atoms with Crippen molar-refractivity contribution in [2.45, 2.75) is 24.9 Å². The molecule has 2 N–H and O–H groups in total. The first kappa shape index (κ1) is 23.6. The minimum atomic E-state index is -0.513. The average molecular weight is 475 g/mol. The maximum Gasteiger partial charge on any atom is 0.339 e. The summed E-state index contributed by atoms with van der Waals surface area (Å²) in [5, 5.41) is 10.5. The smallest absolute Gasteiger partial charge is 0.339 e. The molecule has 0 spiro atoms. The molecule has 3 rings (SSSR count). The number of ether oxygens (including phenoxy) is 2. The second kappa shape index (κ2) is 11.5. The van der Waals surface area contributed by atoms with Gasteiger partial charge in [0.05, 0.1) is 30.1 Å². The molecular formula is C22H23ClN4O4S. The van der Waals surface area contributed by atoms with Gasteiger partial charge in [-0.25, -0.2) is 9.78 Å². The molecule has 1 heterocycles. The number of anilines is 1. The van der Waals surface area contributed by atoms with E-state index in [-0.39, 0.29) is 22.2 Å². The van der Waals surface area contributed by atoms with Crippen molar-refractivity contribution in [3.05, 3.63) is 53.1 Å². The lowest BCUT2D eigenvalue weighted by Crippen LogP contribution is -2.15. The Bertz CT molecular complexity index is 1070. The normalized spacial score (nSPS) is 10.6. The highest BCUT2D eigenvalue weighted by molar-refractivity contribution is 7.99. The molecule has 0 atom stereocenters. The van der Waals surface area contributed by atoms with E-state index in [1.54, 1.807) is 19.2 Å². The maximum absolute atomic E-state index is 12.3. The predicted molar refractivity (Wildman–Crippen MR) is 124 cm³/mol. The summed E-state index contributed by atoms with van der Waals surface area (Å²) in [6, 6.07) is 12.1. The Kier molecular flexibility index (Phi) is 8.52. The predicted octanol–water partition coefficient (Wildman–Crippen LogP) is 4.82. The quantitative estimate of drug-likeness (QED) is 0.246. The van der Waals surface area contributed by atoms with Crippen LogP contribution in [0.3, 0.4) is 0 Å². The number of thioether (sulfide) groups is 1. The molecule has 1 aromatic heterocycles. The Morgan fingerprint density at radius 1 is 1.19 bits per heavy atom. The first-order valence-corrected chi connectivity index (χ1v) is 11.3. The number of hydrogen-bond acceptors (Lipinski definition) is 7. The van der Waals surface area contributed by atoms with Crippen molar-refractivity contribution in [3.8, 4) is 17.1 Å². The maximum atomic E-state index is 12.3. The van der Waals surface area contributed by atoms with Crippen LogP contribution in [0.15, 0.2) is 47.6 Å². The van der Waals surface area contributed by atoms with Crippen LogP contribution in [-0.4, -0.2) is 46.5 Å². The van der Waals surface area contributed by atoms with Crippen molar-refractivity contribution in [2.75, 3.05) is 24.8 Å². The minimum Gasteiger partial charge on any atom is -0.497 e. The molecule has 0 radical (unpaired) electrons. The number of benzene rings is 2. The first-order valence-electron chi connectivity index (χ1n) is 9.96. The lowest BCUT2D eigenvalue weighted by atomic mass is 10.2. The standard InChI is InChI=1S/C22H23ClN4O4S/c1-3-4-11-31-21(29)17-12-15(7-10-18(17)23)24-19(28)13-32-22-25-20(26-27-22)14-5-8-16(30-2)9-6-14/h5-10,12H,3-4,11,13H2,1-2H3,(H,24,28)(H,25,26,27). The highest BCUT2D eigenvalue weighted by atomic mass is 35.5. The Hall–Kier alpha value is -3.04. The number of rotatable bonds is 10. The molecule has 1 amide bonds. The summed E-state index contributed by atoms with van der Waals surface area (Å²) < 4.78 is 10.3. The van der Waals surface area contributed by atoms with Crippen LogP contribution >= 0.6 is 23.4 Å². The van der Waals surface area contributed by atoms with Gasteiger partial charge >= 0.3 is 5.97 Å². The van der Waals surface area contributed by atoms with E-state index in [2.05, 4.69) is 20.5 Å². The zero-order valence-electron chi connectivity index (χ0n) is 17.7. The fraction of sp³-hybridized carbons (Fsp3) is 0.273. The van der Waals surface area contributed by atoms with Gasteiger partial charge in [0.1, 0.15) is 5.75 Å². The fourth-order valence-corrected chi connectivity index (χ4v) is 3.46. The number of nitrogens with one attached hydrogen (secondary N) is 2. The SMILES string of the molecule is CCCCOC(=O)c1cc(NC(=O)CSc2n[nH]c(-c3ccc(OC)cc3)n2)ccc1Cl. The highest BCUT2D eigenvalue weighted by Gasteiger charge is 2.14. The molecule has 0 bridgehead atoms. The molecule has 0 unspecified atom stereocenters. The summed E-state index contributed by atoms with van der Waals surface area (Å²) in [7, 11) is 1.60. The molecule has 32 heavy (non-hydrogen) atoms. The molecular weight excluding hydrogens is 452 g/mol. The Morgan fingerprint density at radius 3 is 2.69 bits per heavy atom. The lowest BCUT2D eigenvalue weighted by Gasteiger charge is -2.09. The number of carbonyl (C=O) groups excluding carboxylic acids is 2. The highest BCUT2D eigenvalue weighted by Crippen LogP contribution is 2.24. The van der Waals surface area contributed by atoms with Crippen LogP contribution in [-0.2, 0) is 9.53 Å². The van der Waals surface area contributed by atoms with Gasteiger partial charge in [-0.3, -0.25) is 9.89 Å². The van der Waals surface area contributed by atoms with Gasteiger partial charge in [-0.2, -0.15) is 0 Å². The van der Waals surface area contributed by atoms with Crippen LogP contribution in [0.2, 0.25) is 5.02 Å². The number of aromatic nitrogens is 3. The van der Waals surface area contributed by atoms with Crippen molar-refractivity contribution in [2.24, 2.45) is 0 Å². The molecule has 2 aromatic carbocycles. The van der Waals surface area contributed by atoms with E-state index in [1.165, 1.54) is 17.8 Å². The molecule has 10 heteroatoms. The number of halogens is 1. The van der Waals surface area contributed by atoms with Crippen molar-refractivity contribution in [1.29, 1.82) is 0 Å². The summed E-state index contributed by atoms with van der Waals surface area (Å²) in [6.45, 7) is 2.33. The van der Waals surface area contributed by atoms with Crippen molar-refractivity contribution >= 4 is 40.9 Å². The molecule has 8 nitrogen and oxygen atoms in total. The molecule has 0 aliphatic heterocycles. The zero-order chi connectivity index (χ0) is 22.9. The summed E-state index contributed by atoms with van der Waals surface area (Å²) in [5.41, 5.74) is 1.52. The number of methoxy groups -OCH3 is 1. The number of esters is 1. The molecule has 0 aliphatic carbocycles. The number of nitrogens with zero attached hydrogens (tertiary/aromatic N) is 2. The molecule has 0 aliphatic rings. The Morgan fingerprint density at radius 2 is 1.97 bits per heavy atom. The zero-order valence-corrected chi connectivity index (χ0v) is 19.3. The van der Waals surface area contributed by atoms with Crippen molar-refractivity contribution in [1.82, 2.24) is 15.2 Å². The first-order chi connectivity index (χ1) is 15.5. The third-order valence-electron chi connectivity index (χ3n) is 4.36. The fourth-order valence-electron chi connectivity index (χ4n) is 2.66. The topological polar surface area (TPSA) is 106 Å². The minimum absolute atomic E-state index is 0.0960. The average Bonchev–Trinajstić information content (AvgIpc) is 3.28. The van der Waals surface area contributed by atoms with Crippen molar-refractivity contribution in [3.63, 3.8) is 0 Å². The second-order valence-corrected chi connectivity index (χ2v) is 8.07. The monoisotopic (exact) mass is 474 g/mol. The van der Waals surface area contributed by atoms with Gasteiger partial charge in [-0.15, -0.1) is 5.10 Å². The van der Waals surface area contributed by atoms with E-state index in [0.29, 0.717) is 23.3 Å². The largest absolute Gasteiger partial charge is 0.497 e. The van der Waals surface area contributed by atoms with Crippen LogP contribution < -0.4 is 10.1 Å². The van der Waals surface area contributed by atoms with Crippen LogP contribution in [0.1, 0.15) is 30.1 Å². The third-order valence-corrected chi connectivity index (χ3v) is 5.54. The van der Waals surface area contributed by atoms with Gasteiger partial charge < -0.3 is 14.8 Å². The van der Waals surface area contributed by atoms with Gasteiger partial charge in [0.25, 0.3) is 0 Å². The molecule has 0 fully saturated rings. The third kappa shape index (κ3) is 6.48. The summed E-state index contributed by atoms with van der Waals surface area (Å²) in [4.78, 5) is 28.9. The second-order valence-electron chi connectivity index (χ2n) is 6.72. The van der Waals surface area contributed by atoms with Crippen LogP contribution in [0, 0.1) is 0 Å². The van der Waals surface area contributed by atoms with Crippen molar-refractivity contribution < 1.29 is 19.1 Å². The van der Waals surface area contributed by atoms with Crippen LogP contribution in [0.25, 0.3) is 11.4 Å². The van der Waals surface area contributed by atoms with Gasteiger partial charge in [-0.05, 0) is 48.9 Å². The van der Waals surface area contributed by atoms with Crippen LogP contribution in [0.4, 0.5) is 5.69 Å². The number of hydrogen-bond donors (Lipinski definition) is 2. The molecule has 168 valence electrons. The number of H-pyrrole nitrogens is 1. The van der Waals surface area contributed by atoms with Crippen LogP contribution in [0.5, 0.6) is 5.75 Å². The summed E-state index contributed by atoms with van der Waals surface area (Å²) in [5.74, 6) is 0.663. The molecule has 0 saturated carbocycles. The van der Waals surface area contributed by atoms with Gasteiger partial charge in [-0.1, -0.05) is 36.7 Å². The summed E-state index contributed by atoms with van der Waals surface area (Å²) >= 11 is 7.30. The van der Waals surface area contributed by atoms with E-state index < -0.39 is 5.97 Å². The van der Waals surface area contributed by atoms with Gasteiger partial charge in [0, 0.05) is 11.3 Å². The van der Waals surface area contributed by atoms with E-state index in [1.807, 2.05) is 31.2 Å². The number of carbonyl (C=O) groups is 2. The van der Waals surface area contributed by atoms with E-state index in [9.17, 15) is 9.59 Å². The number of unbranched alkanes of at least 4 members (excludes halogenated alkanes) is 1. The number of amides is 1. The number of aromatic amines is 1. The van der Waals surface area contributed by atoms with E-state index in [4.69, 9.17) is 21.1 Å². The summed E-state index contributed by atoms with van der Waals surface area (Å²) in [6.07, 6.45) is 1.69. The van der Waals surface area contributed by atoms with E-state index >= 15 is 0 Å². The molecule has 0 saturated heterocycles.